The molecule has 0 saturated heterocycles. The Kier molecular flexibility index (Phi) is 5.36. The number of ether oxygens (including phenoxy) is 1. The van der Waals surface area contributed by atoms with E-state index < -0.39 is 0 Å². The van der Waals surface area contributed by atoms with Gasteiger partial charge in [-0.25, -0.2) is 0 Å². The fourth-order valence-corrected chi connectivity index (χ4v) is 1.57. The topological polar surface area (TPSA) is 55.4 Å². The first-order valence-electron chi connectivity index (χ1n) is 6.05. The van der Waals surface area contributed by atoms with Crippen molar-refractivity contribution in [1.29, 1.82) is 0 Å². The summed E-state index contributed by atoms with van der Waals surface area (Å²) in [6.45, 7) is 6.26. The third-order valence-corrected chi connectivity index (χ3v) is 2.54. The van der Waals surface area contributed by atoms with Crippen molar-refractivity contribution in [3.05, 3.63) is 29.3 Å². The fraction of sp³-hybridized carbons (Fsp3) is 0.429. The molecule has 0 aliphatic carbocycles. The summed E-state index contributed by atoms with van der Waals surface area (Å²) in [6, 6.07) is 5.30. The Balaban J connectivity index is 2.53. The number of amides is 1. The van der Waals surface area contributed by atoms with Crippen LogP contribution in [0.4, 0.5) is 0 Å². The Bertz CT molecular complexity index is 441. The van der Waals surface area contributed by atoms with Crippen molar-refractivity contribution in [2.45, 2.75) is 27.2 Å². The first-order chi connectivity index (χ1) is 8.54. The summed E-state index contributed by atoms with van der Waals surface area (Å²) in [7, 11) is 0. The molecule has 0 radical (unpaired) electrons. The molecule has 1 aromatic carbocycles. The van der Waals surface area contributed by atoms with E-state index in [1.165, 1.54) is 6.92 Å². The van der Waals surface area contributed by atoms with Crippen molar-refractivity contribution in [2.75, 3.05) is 13.2 Å². The molecular weight excluding hydrogens is 230 g/mol. The molecule has 4 nitrogen and oxygen atoms in total. The van der Waals surface area contributed by atoms with Crippen LogP contribution in [0.2, 0.25) is 0 Å². The average Bonchev–Trinajstić information content (AvgIpc) is 2.31. The maximum atomic E-state index is 11.2. The molecule has 1 N–H and O–H groups in total. The van der Waals surface area contributed by atoms with Gasteiger partial charge in [-0.05, 0) is 44.5 Å². The average molecular weight is 249 g/mol. The largest absolute Gasteiger partial charge is 0.493 e. The number of Topliss-reactive ketones (excluding diaryl/α,β-unsaturated/α-hetero) is 1. The van der Waals surface area contributed by atoms with Crippen LogP contribution in [0.5, 0.6) is 5.75 Å². The van der Waals surface area contributed by atoms with E-state index in [-0.39, 0.29) is 11.7 Å². The highest BCUT2D eigenvalue weighted by Gasteiger charge is 2.05. The van der Waals surface area contributed by atoms with Crippen molar-refractivity contribution < 1.29 is 14.3 Å². The zero-order valence-electron chi connectivity index (χ0n) is 11.1. The van der Waals surface area contributed by atoms with Crippen molar-refractivity contribution in [1.82, 2.24) is 5.32 Å². The summed E-state index contributed by atoms with van der Waals surface area (Å²) in [4.78, 5) is 22.4. The first-order valence-corrected chi connectivity index (χ1v) is 6.05. The van der Waals surface area contributed by atoms with Crippen LogP contribution in [0.15, 0.2) is 18.2 Å². The highest BCUT2D eigenvalue weighted by Crippen LogP contribution is 2.19. The molecule has 18 heavy (non-hydrogen) atoms. The molecule has 98 valence electrons. The van der Waals surface area contributed by atoms with Gasteiger partial charge in [0, 0.05) is 12.1 Å². The Labute approximate surface area is 107 Å². The zero-order chi connectivity index (χ0) is 13.5. The zero-order valence-corrected chi connectivity index (χ0v) is 11.1. The minimum absolute atomic E-state index is 0.0180. The van der Waals surface area contributed by atoms with Gasteiger partial charge in [0.25, 0.3) is 0 Å². The van der Waals surface area contributed by atoms with Crippen molar-refractivity contribution >= 4 is 11.7 Å². The second kappa shape index (κ2) is 6.79. The van der Waals surface area contributed by atoms with E-state index in [9.17, 15) is 9.59 Å². The van der Waals surface area contributed by atoms with Crippen LogP contribution in [-0.4, -0.2) is 24.8 Å². The number of carbonyl (C=O) groups excluding carboxylic acids is 2. The molecular formula is C14H19NO3. The summed E-state index contributed by atoms with van der Waals surface area (Å²) in [6.07, 6.45) is 0.335. The van der Waals surface area contributed by atoms with Crippen LogP contribution in [0.3, 0.4) is 0 Å². The third-order valence-electron chi connectivity index (χ3n) is 2.54. The number of hydrogen-bond donors (Lipinski definition) is 1. The van der Waals surface area contributed by atoms with Gasteiger partial charge in [0.05, 0.1) is 13.0 Å². The van der Waals surface area contributed by atoms with Crippen LogP contribution in [-0.2, 0) is 4.79 Å². The molecule has 0 spiro atoms. The number of hydrogen-bond acceptors (Lipinski definition) is 3. The number of carbonyl (C=O) groups is 2. The van der Waals surface area contributed by atoms with Crippen molar-refractivity contribution in [3.8, 4) is 5.75 Å². The maximum Gasteiger partial charge on any atom is 0.223 e. The normalized spacial score (nSPS) is 9.94. The molecule has 1 rings (SSSR count). The summed E-state index contributed by atoms with van der Waals surface area (Å²) >= 11 is 0. The van der Waals surface area contributed by atoms with E-state index in [0.717, 1.165) is 5.56 Å². The van der Waals surface area contributed by atoms with E-state index in [0.29, 0.717) is 30.9 Å². The molecule has 0 saturated carbocycles. The molecule has 4 heteroatoms. The predicted molar refractivity (Wildman–Crippen MR) is 70.0 cm³/mol. The number of benzene rings is 1. The van der Waals surface area contributed by atoms with E-state index in [4.69, 9.17) is 4.74 Å². The highest BCUT2D eigenvalue weighted by atomic mass is 16.5. The van der Waals surface area contributed by atoms with Gasteiger partial charge in [0.1, 0.15) is 5.75 Å². The molecule has 0 atom stereocenters. The van der Waals surface area contributed by atoms with Gasteiger partial charge in [-0.3, -0.25) is 9.59 Å². The number of ketones is 1. The Morgan fingerprint density at radius 3 is 2.61 bits per heavy atom. The lowest BCUT2D eigenvalue weighted by Crippen LogP contribution is -2.24. The van der Waals surface area contributed by atoms with Crippen molar-refractivity contribution in [2.24, 2.45) is 0 Å². The molecule has 0 heterocycles. The lowest BCUT2D eigenvalue weighted by atomic mass is 10.1. The molecule has 0 fully saturated rings. The van der Waals surface area contributed by atoms with Crippen LogP contribution in [0.25, 0.3) is 0 Å². The quantitative estimate of drug-likeness (QED) is 0.785. The van der Waals surface area contributed by atoms with Crippen LogP contribution in [0, 0.1) is 6.92 Å². The lowest BCUT2D eigenvalue weighted by molar-refractivity contribution is -0.121. The minimum Gasteiger partial charge on any atom is -0.493 e. The van der Waals surface area contributed by atoms with Crippen molar-refractivity contribution in [3.63, 3.8) is 0 Å². The summed E-state index contributed by atoms with van der Waals surface area (Å²) in [5.74, 6) is 0.729. The second-order valence-electron chi connectivity index (χ2n) is 4.09. The lowest BCUT2D eigenvalue weighted by Gasteiger charge is -2.09. The molecule has 0 aromatic heterocycles. The SMILES string of the molecule is CCNC(=O)CCOc1ccc(C(C)=O)cc1C. The third kappa shape index (κ3) is 4.20. The maximum absolute atomic E-state index is 11.2. The van der Waals surface area contributed by atoms with Crippen LogP contribution >= 0.6 is 0 Å². The first kappa shape index (κ1) is 14.2. The van der Waals surface area contributed by atoms with Gasteiger partial charge < -0.3 is 10.1 Å². The monoisotopic (exact) mass is 249 g/mol. The molecule has 0 bridgehead atoms. The highest BCUT2D eigenvalue weighted by molar-refractivity contribution is 5.94. The van der Waals surface area contributed by atoms with E-state index in [1.807, 2.05) is 13.8 Å². The van der Waals surface area contributed by atoms with E-state index in [2.05, 4.69) is 5.32 Å². The molecule has 1 aromatic rings. The second-order valence-corrected chi connectivity index (χ2v) is 4.09. The van der Waals surface area contributed by atoms with Gasteiger partial charge in [0.15, 0.2) is 5.78 Å². The van der Waals surface area contributed by atoms with E-state index >= 15 is 0 Å². The van der Waals surface area contributed by atoms with Gasteiger partial charge in [0.2, 0.25) is 5.91 Å². The molecule has 0 aliphatic rings. The Hall–Kier alpha value is -1.84. The van der Waals surface area contributed by atoms with Crippen LogP contribution in [0.1, 0.15) is 36.2 Å². The van der Waals surface area contributed by atoms with Gasteiger partial charge in [-0.15, -0.1) is 0 Å². The summed E-state index contributed by atoms with van der Waals surface area (Å²) in [5, 5.41) is 2.71. The van der Waals surface area contributed by atoms with Gasteiger partial charge in [-0.1, -0.05) is 0 Å². The van der Waals surface area contributed by atoms with Crippen LogP contribution < -0.4 is 10.1 Å². The fourth-order valence-electron chi connectivity index (χ4n) is 1.57. The minimum atomic E-state index is -0.0180. The molecule has 0 unspecified atom stereocenters. The standard InChI is InChI=1S/C14H19NO3/c1-4-15-14(17)7-8-18-13-6-5-12(11(3)16)9-10(13)2/h5-6,9H,4,7-8H2,1-3H3,(H,15,17). The van der Waals surface area contributed by atoms with Gasteiger partial charge >= 0.3 is 0 Å². The summed E-state index contributed by atoms with van der Waals surface area (Å²) in [5.41, 5.74) is 1.57. The van der Waals surface area contributed by atoms with E-state index in [1.54, 1.807) is 18.2 Å². The predicted octanol–water partition coefficient (Wildman–Crippen LogP) is 2.10. The smallest absolute Gasteiger partial charge is 0.223 e. The Morgan fingerprint density at radius 1 is 1.33 bits per heavy atom. The molecule has 1 amide bonds. The number of rotatable bonds is 6. The number of nitrogens with one attached hydrogen (secondary N) is 1. The number of aryl methyl sites for hydroxylation is 1. The summed E-state index contributed by atoms with van der Waals surface area (Å²) < 4.78 is 5.52. The molecule has 0 aliphatic heterocycles. The van der Waals surface area contributed by atoms with Gasteiger partial charge in [-0.2, -0.15) is 0 Å². The Morgan fingerprint density at radius 2 is 2.06 bits per heavy atom.